The van der Waals surface area contributed by atoms with Gasteiger partial charge in [-0.15, -0.1) is 0 Å². The third kappa shape index (κ3) is 1.44. The quantitative estimate of drug-likeness (QED) is 0.594. The summed E-state index contributed by atoms with van der Waals surface area (Å²) < 4.78 is 0. The van der Waals surface area contributed by atoms with Gasteiger partial charge in [0.25, 0.3) is 0 Å². The van der Waals surface area contributed by atoms with Gasteiger partial charge in [-0.25, -0.2) is 0 Å². The van der Waals surface area contributed by atoms with Crippen LogP contribution in [-0.2, 0) is 9.59 Å². The standard InChI is InChI=1S/C10H12O3/c11-7-4-6-2-1-3-8(12)10(6)9(13)5-7/h4,9-10,13H,1-3,5H2. The Bertz CT molecular complexity index is 291. The average Bonchev–Trinajstić information content (AvgIpc) is 2.02. The summed E-state index contributed by atoms with van der Waals surface area (Å²) in [4.78, 5) is 22.5. The molecule has 0 aromatic rings. The second-order valence-corrected chi connectivity index (χ2v) is 3.75. The summed E-state index contributed by atoms with van der Waals surface area (Å²) >= 11 is 0. The van der Waals surface area contributed by atoms with Gasteiger partial charge in [0, 0.05) is 12.8 Å². The second kappa shape index (κ2) is 3.07. The molecule has 3 nitrogen and oxygen atoms in total. The zero-order valence-electron chi connectivity index (χ0n) is 7.32. The molecule has 2 rings (SSSR count). The lowest BCUT2D eigenvalue weighted by atomic mass is 9.75. The van der Waals surface area contributed by atoms with Crippen molar-refractivity contribution in [2.45, 2.75) is 31.8 Å². The molecule has 0 spiro atoms. The van der Waals surface area contributed by atoms with Crippen molar-refractivity contribution in [3.8, 4) is 0 Å². The lowest BCUT2D eigenvalue weighted by Gasteiger charge is -2.30. The van der Waals surface area contributed by atoms with E-state index in [-0.39, 0.29) is 23.9 Å². The van der Waals surface area contributed by atoms with Gasteiger partial charge in [0.1, 0.15) is 5.78 Å². The molecule has 0 radical (unpaired) electrons. The fraction of sp³-hybridized carbons (Fsp3) is 0.600. The third-order valence-corrected chi connectivity index (χ3v) is 2.78. The largest absolute Gasteiger partial charge is 0.392 e. The molecule has 2 atom stereocenters. The van der Waals surface area contributed by atoms with Crippen LogP contribution in [0.1, 0.15) is 25.7 Å². The van der Waals surface area contributed by atoms with Crippen LogP contribution in [-0.4, -0.2) is 22.8 Å². The Hall–Kier alpha value is -0.960. The van der Waals surface area contributed by atoms with Crippen molar-refractivity contribution in [3.05, 3.63) is 11.6 Å². The van der Waals surface area contributed by atoms with E-state index in [0.717, 1.165) is 18.4 Å². The van der Waals surface area contributed by atoms with Crippen LogP contribution in [0.4, 0.5) is 0 Å². The molecule has 70 valence electrons. The zero-order chi connectivity index (χ0) is 9.42. The molecule has 0 aromatic carbocycles. The highest BCUT2D eigenvalue weighted by Gasteiger charge is 2.36. The molecular formula is C10H12O3. The maximum absolute atomic E-state index is 11.4. The monoisotopic (exact) mass is 180 g/mol. The molecule has 0 bridgehead atoms. The molecule has 2 aliphatic rings. The molecule has 3 heteroatoms. The number of hydrogen-bond acceptors (Lipinski definition) is 3. The van der Waals surface area contributed by atoms with Crippen molar-refractivity contribution in [2.75, 3.05) is 0 Å². The third-order valence-electron chi connectivity index (χ3n) is 2.78. The van der Waals surface area contributed by atoms with Crippen LogP contribution in [0.15, 0.2) is 11.6 Å². The minimum atomic E-state index is -0.764. The maximum atomic E-state index is 11.4. The molecule has 1 N–H and O–H groups in total. The molecule has 0 heterocycles. The molecule has 0 aromatic heterocycles. The topological polar surface area (TPSA) is 54.4 Å². The Labute approximate surface area is 76.4 Å². The number of rotatable bonds is 0. The Morgan fingerprint density at radius 1 is 1.31 bits per heavy atom. The molecule has 2 unspecified atom stereocenters. The van der Waals surface area contributed by atoms with Crippen molar-refractivity contribution in [1.29, 1.82) is 0 Å². The lowest BCUT2D eigenvalue weighted by molar-refractivity contribution is -0.128. The summed E-state index contributed by atoms with van der Waals surface area (Å²) in [5, 5.41) is 9.56. The van der Waals surface area contributed by atoms with Crippen LogP contribution >= 0.6 is 0 Å². The van der Waals surface area contributed by atoms with Gasteiger partial charge in [-0.2, -0.15) is 0 Å². The maximum Gasteiger partial charge on any atom is 0.158 e. The first-order valence-corrected chi connectivity index (χ1v) is 4.62. The molecule has 1 fully saturated rings. The zero-order valence-corrected chi connectivity index (χ0v) is 7.32. The Morgan fingerprint density at radius 2 is 2.08 bits per heavy atom. The summed E-state index contributed by atoms with van der Waals surface area (Å²) in [5.41, 5.74) is 0.847. The summed E-state index contributed by atoms with van der Waals surface area (Å²) in [6.07, 6.45) is 3.06. The highest BCUT2D eigenvalue weighted by atomic mass is 16.3. The summed E-state index contributed by atoms with van der Waals surface area (Å²) in [6, 6.07) is 0. The molecule has 0 aliphatic heterocycles. The van der Waals surface area contributed by atoms with Gasteiger partial charge >= 0.3 is 0 Å². The first-order valence-electron chi connectivity index (χ1n) is 4.62. The van der Waals surface area contributed by atoms with Crippen LogP contribution < -0.4 is 0 Å². The fourth-order valence-electron chi connectivity index (χ4n) is 2.20. The number of hydrogen-bond donors (Lipinski definition) is 1. The molecule has 1 saturated carbocycles. The van der Waals surface area contributed by atoms with E-state index in [0.29, 0.717) is 6.42 Å². The summed E-state index contributed by atoms with van der Waals surface area (Å²) in [7, 11) is 0. The first kappa shape index (κ1) is 8.63. The predicted octanol–water partition coefficient (Wildman–Crippen LogP) is 0.616. The number of fused-ring (bicyclic) bond motifs is 1. The number of Topliss-reactive ketones (excluding diaryl/α,β-unsaturated/α-hetero) is 1. The Kier molecular flexibility index (Phi) is 2.04. The van der Waals surface area contributed by atoms with E-state index in [1.807, 2.05) is 0 Å². The van der Waals surface area contributed by atoms with E-state index in [2.05, 4.69) is 0 Å². The van der Waals surface area contributed by atoms with Gasteiger partial charge < -0.3 is 5.11 Å². The molecular weight excluding hydrogens is 168 g/mol. The Balaban J connectivity index is 2.32. The first-order chi connectivity index (χ1) is 6.18. The molecule has 0 amide bonds. The van der Waals surface area contributed by atoms with Crippen molar-refractivity contribution < 1.29 is 14.7 Å². The number of aliphatic hydroxyl groups is 1. The fourth-order valence-corrected chi connectivity index (χ4v) is 2.20. The predicted molar refractivity (Wildman–Crippen MR) is 46.1 cm³/mol. The minimum Gasteiger partial charge on any atom is -0.392 e. The van der Waals surface area contributed by atoms with E-state index in [9.17, 15) is 14.7 Å². The van der Waals surface area contributed by atoms with E-state index in [4.69, 9.17) is 0 Å². The number of aliphatic hydroxyl groups excluding tert-OH is 1. The molecule has 0 saturated heterocycles. The van der Waals surface area contributed by atoms with Crippen LogP contribution in [0.25, 0.3) is 0 Å². The van der Waals surface area contributed by atoms with E-state index >= 15 is 0 Å². The normalized spacial score (nSPS) is 34.1. The van der Waals surface area contributed by atoms with Crippen LogP contribution in [0.5, 0.6) is 0 Å². The lowest BCUT2D eigenvalue weighted by Crippen LogP contribution is -2.37. The minimum absolute atomic E-state index is 0.0477. The van der Waals surface area contributed by atoms with Gasteiger partial charge in [0.2, 0.25) is 0 Å². The second-order valence-electron chi connectivity index (χ2n) is 3.75. The van der Waals surface area contributed by atoms with Crippen molar-refractivity contribution in [1.82, 2.24) is 0 Å². The van der Waals surface area contributed by atoms with Crippen molar-refractivity contribution in [3.63, 3.8) is 0 Å². The van der Waals surface area contributed by atoms with Gasteiger partial charge in [0.15, 0.2) is 5.78 Å². The Morgan fingerprint density at radius 3 is 2.85 bits per heavy atom. The average molecular weight is 180 g/mol. The van der Waals surface area contributed by atoms with Crippen molar-refractivity contribution in [2.24, 2.45) is 5.92 Å². The highest BCUT2D eigenvalue weighted by Crippen LogP contribution is 2.33. The van der Waals surface area contributed by atoms with Gasteiger partial charge in [-0.05, 0) is 18.9 Å². The van der Waals surface area contributed by atoms with Crippen molar-refractivity contribution >= 4 is 11.6 Å². The van der Waals surface area contributed by atoms with Gasteiger partial charge in [-0.1, -0.05) is 5.57 Å². The molecule has 13 heavy (non-hydrogen) atoms. The van der Waals surface area contributed by atoms with Crippen LogP contribution in [0.2, 0.25) is 0 Å². The van der Waals surface area contributed by atoms with E-state index < -0.39 is 6.10 Å². The number of ketones is 2. The van der Waals surface area contributed by atoms with Gasteiger partial charge in [0.05, 0.1) is 12.0 Å². The van der Waals surface area contributed by atoms with E-state index in [1.165, 1.54) is 0 Å². The van der Waals surface area contributed by atoms with Crippen LogP contribution in [0, 0.1) is 5.92 Å². The summed E-state index contributed by atoms with van der Waals surface area (Å²) in [6.45, 7) is 0. The molecule has 2 aliphatic carbocycles. The number of carbonyl (C=O) groups excluding carboxylic acids is 2. The smallest absolute Gasteiger partial charge is 0.158 e. The van der Waals surface area contributed by atoms with Gasteiger partial charge in [-0.3, -0.25) is 9.59 Å². The number of allylic oxidation sites excluding steroid dienone is 1. The van der Waals surface area contributed by atoms with Crippen LogP contribution in [0.3, 0.4) is 0 Å². The SMILES string of the molecule is O=C1C=C2CCCC(=O)C2C(O)C1. The highest BCUT2D eigenvalue weighted by molar-refractivity contribution is 5.96. The van der Waals surface area contributed by atoms with E-state index in [1.54, 1.807) is 6.08 Å². The summed E-state index contributed by atoms with van der Waals surface area (Å²) in [5.74, 6) is -0.322. The number of carbonyl (C=O) groups is 2.